The maximum atomic E-state index is 11.3. The van der Waals surface area contributed by atoms with E-state index in [2.05, 4.69) is 11.9 Å². The van der Waals surface area contributed by atoms with Crippen LogP contribution in [-0.2, 0) is 14.3 Å². The minimum absolute atomic E-state index is 0.0383. The van der Waals surface area contributed by atoms with E-state index in [4.69, 9.17) is 21.3 Å². The zero-order valence-corrected chi connectivity index (χ0v) is 12.4. The monoisotopic (exact) mass is 294 g/mol. The molecule has 7 heteroatoms. The number of carbonyl (C=O) groups is 2. The van der Waals surface area contributed by atoms with Crippen molar-refractivity contribution < 1.29 is 14.3 Å². The molecule has 116 valence electrons. The van der Waals surface area contributed by atoms with E-state index in [1.807, 2.05) is 0 Å². The van der Waals surface area contributed by atoms with E-state index >= 15 is 0 Å². The van der Waals surface area contributed by atoms with Crippen molar-refractivity contribution in [2.45, 2.75) is 32.7 Å². The molecule has 0 spiro atoms. The van der Waals surface area contributed by atoms with Gasteiger partial charge < -0.3 is 21.2 Å². The molecule has 21 heavy (non-hydrogen) atoms. The first-order valence-corrected chi connectivity index (χ1v) is 6.51. The van der Waals surface area contributed by atoms with Gasteiger partial charge in [0.1, 0.15) is 0 Å². The number of primary amides is 1. The van der Waals surface area contributed by atoms with E-state index in [1.54, 1.807) is 6.92 Å². The van der Waals surface area contributed by atoms with Crippen molar-refractivity contribution in [2.75, 3.05) is 6.61 Å². The molecule has 1 atom stereocenters. The van der Waals surface area contributed by atoms with Crippen LogP contribution in [0.5, 0.6) is 0 Å². The summed E-state index contributed by atoms with van der Waals surface area (Å²) in [6.07, 6.45) is 3.23. The Morgan fingerprint density at radius 3 is 2.52 bits per heavy atom. The van der Waals surface area contributed by atoms with Crippen LogP contribution in [0.15, 0.2) is 24.4 Å². The third-order valence-electron chi connectivity index (χ3n) is 2.49. The molecule has 0 heterocycles. The third-order valence-corrected chi connectivity index (χ3v) is 2.49. The van der Waals surface area contributed by atoms with Crippen LogP contribution >= 0.6 is 0 Å². The molecule has 0 bridgehead atoms. The van der Waals surface area contributed by atoms with Crippen LogP contribution < -0.4 is 11.1 Å². The number of carbonyl (C=O) groups excluding carboxylic acids is 2. The van der Waals surface area contributed by atoms with Gasteiger partial charge in [-0.2, -0.15) is 0 Å². The molecular formula is C14H22N4O3. The first-order chi connectivity index (χ1) is 9.77. The SMILES string of the molecule is C=C(NC(/C=C/C(=O)OCC)CCC(N)=O)C(=N)C(C)=N. The Hall–Kier alpha value is -2.44. The molecule has 5 N–H and O–H groups in total. The number of hydrogen-bond acceptors (Lipinski definition) is 6. The summed E-state index contributed by atoms with van der Waals surface area (Å²) in [5, 5.41) is 17.9. The fourth-order valence-electron chi connectivity index (χ4n) is 1.42. The summed E-state index contributed by atoms with van der Waals surface area (Å²) in [4.78, 5) is 22.1. The summed E-state index contributed by atoms with van der Waals surface area (Å²) in [5.74, 6) is -0.956. The Morgan fingerprint density at radius 1 is 1.43 bits per heavy atom. The first-order valence-electron chi connectivity index (χ1n) is 6.51. The van der Waals surface area contributed by atoms with Gasteiger partial charge in [-0.3, -0.25) is 10.2 Å². The van der Waals surface area contributed by atoms with Crippen molar-refractivity contribution in [3.8, 4) is 0 Å². The smallest absolute Gasteiger partial charge is 0.330 e. The van der Waals surface area contributed by atoms with Crippen molar-refractivity contribution >= 4 is 23.3 Å². The highest BCUT2D eigenvalue weighted by Crippen LogP contribution is 2.03. The topological polar surface area (TPSA) is 129 Å². The molecule has 0 rings (SSSR count). The number of allylic oxidation sites excluding steroid dienone is 1. The maximum Gasteiger partial charge on any atom is 0.330 e. The third kappa shape index (κ3) is 8.35. The van der Waals surface area contributed by atoms with Crippen LogP contribution in [0.2, 0.25) is 0 Å². The second-order valence-corrected chi connectivity index (χ2v) is 4.35. The van der Waals surface area contributed by atoms with Gasteiger partial charge in [-0.25, -0.2) is 4.79 Å². The summed E-state index contributed by atoms with van der Waals surface area (Å²) < 4.78 is 4.76. The Morgan fingerprint density at radius 2 is 2.05 bits per heavy atom. The van der Waals surface area contributed by atoms with Crippen molar-refractivity contribution in [3.05, 3.63) is 24.4 Å². The molecule has 0 aliphatic rings. The Bertz CT molecular complexity index is 469. The number of amides is 1. The van der Waals surface area contributed by atoms with E-state index in [1.165, 1.54) is 19.1 Å². The van der Waals surface area contributed by atoms with Crippen LogP contribution in [0.1, 0.15) is 26.7 Å². The van der Waals surface area contributed by atoms with Gasteiger partial charge in [0.2, 0.25) is 5.91 Å². The Balaban J connectivity index is 4.77. The van der Waals surface area contributed by atoms with Crippen LogP contribution in [0.4, 0.5) is 0 Å². The lowest BCUT2D eigenvalue weighted by Crippen LogP contribution is -2.32. The highest BCUT2D eigenvalue weighted by Gasteiger charge is 2.12. The molecule has 0 fully saturated rings. The van der Waals surface area contributed by atoms with E-state index in [0.717, 1.165) is 0 Å². The van der Waals surface area contributed by atoms with Crippen molar-refractivity contribution in [1.82, 2.24) is 5.32 Å². The van der Waals surface area contributed by atoms with Crippen molar-refractivity contribution in [3.63, 3.8) is 0 Å². The molecule has 7 nitrogen and oxygen atoms in total. The number of nitrogens with two attached hydrogens (primary N) is 1. The molecule has 0 aromatic rings. The molecule has 0 saturated heterocycles. The minimum atomic E-state index is -0.493. The quantitative estimate of drug-likeness (QED) is 0.271. The van der Waals surface area contributed by atoms with Crippen molar-refractivity contribution in [1.29, 1.82) is 10.8 Å². The van der Waals surface area contributed by atoms with Crippen LogP contribution in [0.25, 0.3) is 0 Å². The average molecular weight is 294 g/mol. The van der Waals surface area contributed by atoms with Gasteiger partial charge in [0.25, 0.3) is 0 Å². The zero-order valence-electron chi connectivity index (χ0n) is 12.4. The molecule has 0 radical (unpaired) electrons. The van der Waals surface area contributed by atoms with Gasteiger partial charge in [-0.05, 0) is 20.3 Å². The summed E-state index contributed by atoms with van der Waals surface area (Å²) in [6, 6.07) is -0.408. The largest absolute Gasteiger partial charge is 0.463 e. The number of hydrogen-bond donors (Lipinski definition) is 4. The van der Waals surface area contributed by atoms with Gasteiger partial charge in [0.05, 0.1) is 23.7 Å². The van der Waals surface area contributed by atoms with Crippen LogP contribution in [0.3, 0.4) is 0 Å². The first kappa shape index (κ1) is 18.6. The fourth-order valence-corrected chi connectivity index (χ4v) is 1.42. The standard InChI is InChI=1S/C14H22N4O3/c1-4-21-13(20)8-6-11(5-7-12(16)19)18-10(3)14(17)9(2)15/h6,8,11,15,17-18H,3-5,7H2,1-2H3,(H2,16,19)/b8-6+,15-9?,17-14?. The highest BCUT2D eigenvalue weighted by atomic mass is 16.5. The molecule has 0 aromatic carbocycles. The van der Waals surface area contributed by atoms with Gasteiger partial charge in [0, 0.05) is 18.5 Å². The highest BCUT2D eigenvalue weighted by molar-refractivity contribution is 6.44. The predicted molar refractivity (Wildman–Crippen MR) is 81.4 cm³/mol. The Kier molecular flexibility index (Phi) is 8.36. The summed E-state index contributed by atoms with van der Waals surface area (Å²) in [5.41, 5.74) is 5.37. The lowest BCUT2D eigenvalue weighted by molar-refractivity contribution is -0.137. The molecule has 1 amide bonds. The molecule has 0 aliphatic heterocycles. The van der Waals surface area contributed by atoms with Crippen molar-refractivity contribution in [2.24, 2.45) is 5.73 Å². The minimum Gasteiger partial charge on any atom is -0.463 e. The van der Waals surface area contributed by atoms with E-state index in [0.29, 0.717) is 6.42 Å². The number of ether oxygens (including phenoxy) is 1. The van der Waals surface area contributed by atoms with E-state index < -0.39 is 17.9 Å². The van der Waals surface area contributed by atoms with Gasteiger partial charge >= 0.3 is 5.97 Å². The zero-order chi connectivity index (χ0) is 16.4. The van der Waals surface area contributed by atoms with Gasteiger partial charge in [-0.15, -0.1) is 0 Å². The van der Waals surface area contributed by atoms with E-state index in [-0.39, 0.29) is 30.1 Å². The molecule has 0 aromatic heterocycles. The van der Waals surface area contributed by atoms with Crippen LogP contribution in [-0.4, -0.2) is 35.9 Å². The van der Waals surface area contributed by atoms with E-state index in [9.17, 15) is 9.59 Å². The summed E-state index contributed by atoms with van der Waals surface area (Å²) in [6.45, 7) is 7.11. The predicted octanol–water partition coefficient (Wildman–Crippen LogP) is 0.903. The molecule has 0 saturated carbocycles. The number of nitrogens with one attached hydrogen (secondary N) is 3. The molecule has 1 unspecified atom stereocenters. The second-order valence-electron chi connectivity index (χ2n) is 4.35. The molecular weight excluding hydrogens is 272 g/mol. The van der Waals surface area contributed by atoms with Gasteiger partial charge in [-0.1, -0.05) is 12.7 Å². The number of esters is 1. The average Bonchev–Trinajstić information content (AvgIpc) is 2.40. The normalized spacial score (nSPS) is 11.7. The lowest BCUT2D eigenvalue weighted by atomic mass is 10.1. The summed E-state index contributed by atoms with van der Waals surface area (Å²) in [7, 11) is 0. The fraction of sp³-hybridized carbons (Fsp3) is 0.429. The van der Waals surface area contributed by atoms with Gasteiger partial charge in [0.15, 0.2) is 0 Å². The van der Waals surface area contributed by atoms with Crippen LogP contribution in [0, 0.1) is 10.8 Å². The number of rotatable bonds is 10. The summed E-state index contributed by atoms with van der Waals surface area (Å²) >= 11 is 0. The second kappa shape index (κ2) is 9.46. The lowest BCUT2D eigenvalue weighted by Gasteiger charge is -2.18. The molecule has 0 aliphatic carbocycles. The maximum absolute atomic E-state index is 11.3. The Labute approximate surface area is 124 Å².